The van der Waals surface area contributed by atoms with Gasteiger partial charge in [0.25, 0.3) is 0 Å². The van der Waals surface area contributed by atoms with Crippen molar-refractivity contribution in [3.8, 4) is 0 Å². The van der Waals surface area contributed by atoms with E-state index in [1.165, 1.54) is 37.4 Å². The molecule has 0 aliphatic carbocycles. The lowest BCUT2D eigenvalue weighted by molar-refractivity contribution is 0.155. The third kappa shape index (κ3) is 1.08. The number of rotatable bonds is 0. The Hall–Kier alpha value is 0.310. The second kappa shape index (κ2) is 2.42. The maximum atomic E-state index is 2.45. The Morgan fingerprint density at radius 1 is 1.20 bits per heavy atom. The number of hydrogen-bond donors (Lipinski definition) is 0. The van der Waals surface area contributed by atoms with E-state index in [0.29, 0.717) is 0 Å². The molecule has 0 aromatic heterocycles. The highest BCUT2D eigenvalue weighted by Crippen LogP contribution is 2.45. The molecule has 0 bridgehead atoms. The van der Waals surface area contributed by atoms with Crippen molar-refractivity contribution in [2.45, 2.75) is 12.8 Å². The van der Waals surface area contributed by atoms with Gasteiger partial charge in [-0.15, -0.1) is 0 Å². The quantitative estimate of drug-likeness (QED) is 0.523. The normalized spacial score (nSPS) is 32.1. The Morgan fingerprint density at radius 3 is 2.20 bits per heavy atom. The van der Waals surface area contributed by atoms with Gasteiger partial charge < -0.3 is 4.90 Å². The monoisotopic (exact) mass is 157 g/mol. The Morgan fingerprint density at radius 2 is 1.80 bits per heavy atom. The molecule has 1 nitrogen and oxygen atoms in total. The fourth-order valence-electron chi connectivity index (χ4n) is 1.77. The largest absolute Gasteiger partial charge is 0.306 e. The van der Waals surface area contributed by atoms with Crippen LogP contribution in [0, 0.1) is 5.41 Å². The van der Waals surface area contributed by atoms with Crippen LogP contribution in [0.25, 0.3) is 0 Å². The van der Waals surface area contributed by atoms with Crippen molar-refractivity contribution < 1.29 is 0 Å². The minimum atomic E-state index is 0.803. The first-order valence-corrected chi connectivity index (χ1v) is 5.23. The molecule has 10 heavy (non-hydrogen) atoms. The Bertz CT molecular complexity index is 121. The van der Waals surface area contributed by atoms with Gasteiger partial charge in [-0.1, -0.05) is 0 Å². The molecule has 0 N–H and O–H groups in total. The van der Waals surface area contributed by atoms with E-state index in [0.717, 1.165) is 5.41 Å². The van der Waals surface area contributed by atoms with Crippen LogP contribution in [0.5, 0.6) is 0 Å². The molecule has 2 fully saturated rings. The molecule has 0 atom stereocenters. The number of piperidine rings is 1. The topological polar surface area (TPSA) is 3.24 Å². The molecule has 0 amide bonds. The maximum absolute atomic E-state index is 2.45. The molecule has 58 valence electrons. The Balaban J connectivity index is 1.90. The summed E-state index contributed by atoms with van der Waals surface area (Å²) in [4.78, 5) is 2.45. The van der Waals surface area contributed by atoms with Crippen molar-refractivity contribution in [2.75, 3.05) is 31.6 Å². The molecule has 2 aliphatic rings. The number of hydrogen-bond acceptors (Lipinski definition) is 2. The van der Waals surface area contributed by atoms with Gasteiger partial charge in [0, 0.05) is 0 Å². The first-order valence-electron chi connectivity index (χ1n) is 4.07. The highest BCUT2D eigenvalue weighted by atomic mass is 32.2. The van der Waals surface area contributed by atoms with Gasteiger partial charge in [-0.25, -0.2) is 0 Å². The van der Waals surface area contributed by atoms with E-state index in [1.807, 2.05) is 0 Å². The predicted molar refractivity (Wildman–Crippen MR) is 46.5 cm³/mol. The van der Waals surface area contributed by atoms with E-state index in [-0.39, 0.29) is 0 Å². The van der Waals surface area contributed by atoms with E-state index in [4.69, 9.17) is 0 Å². The van der Waals surface area contributed by atoms with Crippen LogP contribution in [0.2, 0.25) is 0 Å². The van der Waals surface area contributed by atoms with E-state index >= 15 is 0 Å². The van der Waals surface area contributed by atoms with E-state index in [1.54, 1.807) is 0 Å². The smallest absolute Gasteiger partial charge is 0.000173 e. The van der Waals surface area contributed by atoms with Crippen molar-refractivity contribution in [3.63, 3.8) is 0 Å². The summed E-state index contributed by atoms with van der Waals surface area (Å²) in [5, 5.41) is 0. The van der Waals surface area contributed by atoms with E-state index in [2.05, 4.69) is 23.7 Å². The summed E-state index contributed by atoms with van der Waals surface area (Å²) in [6, 6.07) is 0. The molecule has 2 saturated heterocycles. The summed E-state index contributed by atoms with van der Waals surface area (Å²) < 4.78 is 0. The second-order valence-corrected chi connectivity index (χ2v) is 4.78. The number of thioether (sulfide) groups is 1. The lowest BCUT2D eigenvalue weighted by Gasteiger charge is -2.46. The highest BCUT2D eigenvalue weighted by Gasteiger charge is 2.39. The van der Waals surface area contributed by atoms with Crippen molar-refractivity contribution in [2.24, 2.45) is 5.41 Å². The molecule has 2 heteroatoms. The number of nitrogens with zero attached hydrogens (tertiary/aromatic N) is 1. The fourth-order valence-corrected chi connectivity index (χ4v) is 3.13. The Labute approximate surface area is 67.2 Å². The third-order valence-electron chi connectivity index (χ3n) is 2.86. The summed E-state index contributed by atoms with van der Waals surface area (Å²) in [5.74, 6) is 2.89. The zero-order valence-corrected chi connectivity index (χ0v) is 7.41. The minimum absolute atomic E-state index is 0.803. The zero-order valence-electron chi connectivity index (χ0n) is 6.60. The van der Waals surface area contributed by atoms with Crippen molar-refractivity contribution in [1.29, 1.82) is 0 Å². The summed E-state index contributed by atoms with van der Waals surface area (Å²) >= 11 is 2.13. The van der Waals surface area contributed by atoms with Crippen LogP contribution in [0.4, 0.5) is 0 Å². The second-order valence-electron chi connectivity index (χ2n) is 3.80. The van der Waals surface area contributed by atoms with Gasteiger partial charge in [-0.05, 0) is 49.9 Å². The first kappa shape index (κ1) is 6.99. The molecule has 0 radical (unpaired) electrons. The summed E-state index contributed by atoms with van der Waals surface area (Å²) in [7, 11) is 2.23. The Kier molecular flexibility index (Phi) is 1.69. The molecular weight excluding hydrogens is 142 g/mol. The van der Waals surface area contributed by atoms with E-state index in [9.17, 15) is 0 Å². The molecule has 0 unspecified atom stereocenters. The van der Waals surface area contributed by atoms with Crippen LogP contribution in [0.15, 0.2) is 0 Å². The molecule has 2 heterocycles. The third-order valence-corrected chi connectivity index (χ3v) is 4.50. The van der Waals surface area contributed by atoms with Gasteiger partial charge in [0.1, 0.15) is 0 Å². The molecule has 0 aromatic carbocycles. The molecule has 0 saturated carbocycles. The molecule has 2 rings (SSSR count). The lowest BCUT2D eigenvalue weighted by atomic mass is 9.81. The van der Waals surface area contributed by atoms with Crippen LogP contribution in [0.3, 0.4) is 0 Å². The summed E-state index contributed by atoms with van der Waals surface area (Å²) in [6.07, 6.45) is 2.91. The molecule has 1 spiro atoms. The average Bonchev–Trinajstić information content (AvgIpc) is 1.86. The van der Waals surface area contributed by atoms with Crippen LogP contribution >= 0.6 is 11.8 Å². The average molecular weight is 157 g/mol. The van der Waals surface area contributed by atoms with Crippen LogP contribution < -0.4 is 0 Å². The van der Waals surface area contributed by atoms with Gasteiger partial charge in [0.15, 0.2) is 0 Å². The summed E-state index contributed by atoms with van der Waals surface area (Å²) in [6.45, 7) is 2.67. The van der Waals surface area contributed by atoms with Crippen molar-refractivity contribution in [1.82, 2.24) is 4.90 Å². The minimum Gasteiger partial charge on any atom is -0.306 e. The van der Waals surface area contributed by atoms with Crippen LogP contribution in [-0.2, 0) is 0 Å². The van der Waals surface area contributed by atoms with Gasteiger partial charge in [-0.2, -0.15) is 11.8 Å². The maximum Gasteiger partial charge on any atom is -0.000173 e. The summed E-state index contributed by atoms with van der Waals surface area (Å²) in [5.41, 5.74) is 0.803. The lowest BCUT2D eigenvalue weighted by Crippen LogP contribution is -2.45. The first-order chi connectivity index (χ1) is 4.81. The van der Waals surface area contributed by atoms with Crippen molar-refractivity contribution >= 4 is 11.8 Å². The van der Waals surface area contributed by atoms with Gasteiger partial charge in [-0.3, -0.25) is 0 Å². The SMILES string of the molecule is CN1CCC2(CC1)CSC2. The van der Waals surface area contributed by atoms with Crippen molar-refractivity contribution in [3.05, 3.63) is 0 Å². The zero-order chi connectivity index (χ0) is 7.03. The molecule has 0 aromatic rings. The molecule has 2 aliphatic heterocycles. The van der Waals surface area contributed by atoms with Gasteiger partial charge in [0.05, 0.1) is 0 Å². The fraction of sp³-hybridized carbons (Fsp3) is 1.00. The standard InChI is InChI=1S/C8H15NS/c1-9-4-2-8(3-5-9)6-10-7-8/h2-7H2,1H3. The van der Waals surface area contributed by atoms with E-state index < -0.39 is 0 Å². The van der Waals surface area contributed by atoms with Crippen LogP contribution in [0.1, 0.15) is 12.8 Å². The molecular formula is C8H15NS. The predicted octanol–water partition coefficient (Wildman–Crippen LogP) is 1.45. The highest BCUT2D eigenvalue weighted by molar-refractivity contribution is 8.00. The van der Waals surface area contributed by atoms with Crippen LogP contribution in [-0.4, -0.2) is 36.5 Å². The number of likely N-dealkylation sites (tertiary alicyclic amines) is 1. The van der Waals surface area contributed by atoms with Gasteiger partial charge >= 0.3 is 0 Å². The van der Waals surface area contributed by atoms with Gasteiger partial charge in [0.2, 0.25) is 0 Å².